The lowest BCUT2D eigenvalue weighted by molar-refractivity contribution is -0.137. The van der Waals surface area contributed by atoms with Crippen molar-refractivity contribution in [3.63, 3.8) is 0 Å². The number of piperazine rings is 1. The highest BCUT2D eigenvalue weighted by Crippen LogP contribution is 2.34. The molecule has 0 saturated carbocycles. The molecule has 1 aliphatic heterocycles. The summed E-state index contributed by atoms with van der Waals surface area (Å²) < 4.78 is 38.7. The molecule has 0 bridgehead atoms. The average molecular weight is 303 g/mol. The quantitative estimate of drug-likeness (QED) is 0.881. The topological polar surface area (TPSA) is 55.8 Å². The lowest BCUT2D eigenvalue weighted by Crippen LogP contribution is -2.44. The smallest absolute Gasteiger partial charge is 0.416 e. The Morgan fingerprint density at radius 1 is 1.19 bits per heavy atom. The van der Waals surface area contributed by atoms with Gasteiger partial charge in [0.25, 0.3) is 0 Å². The second-order valence-electron chi connectivity index (χ2n) is 4.99. The summed E-state index contributed by atoms with van der Waals surface area (Å²) >= 11 is 0. The van der Waals surface area contributed by atoms with Gasteiger partial charge in [-0.1, -0.05) is 0 Å². The summed E-state index contributed by atoms with van der Waals surface area (Å²) in [5.41, 5.74) is -0.560. The molecule has 2 N–H and O–H groups in total. The molecule has 0 aromatic heterocycles. The Morgan fingerprint density at radius 3 is 2.33 bits per heavy atom. The molecular weight excluding hydrogens is 287 g/mol. The molecule has 8 heteroatoms. The number of amides is 1. The summed E-state index contributed by atoms with van der Waals surface area (Å²) in [5, 5.41) is 10.7. The zero-order valence-corrected chi connectivity index (χ0v) is 11.4. The molecule has 1 aromatic carbocycles. The first-order valence-corrected chi connectivity index (χ1v) is 6.41. The van der Waals surface area contributed by atoms with Crippen molar-refractivity contribution in [2.24, 2.45) is 0 Å². The fourth-order valence-electron chi connectivity index (χ4n) is 2.22. The van der Waals surface area contributed by atoms with E-state index in [9.17, 15) is 18.0 Å². The molecule has 2 rings (SSSR count). The number of benzene rings is 1. The van der Waals surface area contributed by atoms with Gasteiger partial charge in [0.1, 0.15) is 0 Å². The van der Waals surface area contributed by atoms with Crippen molar-refractivity contribution < 1.29 is 23.1 Å². The Labute approximate surface area is 120 Å². The minimum absolute atomic E-state index is 0.0775. The molecule has 0 aliphatic carbocycles. The van der Waals surface area contributed by atoms with E-state index in [4.69, 9.17) is 5.11 Å². The molecule has 0 unspecified atom stereocenters. The van der Waals surface area contributed by atoms with E-state index >= 15 is 0 Å². The highest BCUT2D eigenvalue weighted by atomic mass is 19.4. The number of anilines is 2. The van der Waals surface area contributed by atoms with Crippen LogP contribution < -0.4 is 10.2 Å². The van der Waals surface area contributed by atoms with Crippen LogP contribution >= 0.6 is 0 Å². The third kappa shape index (κ3) is 4.01. The standard InChI is InChI=1S/C13H16F3N3O2/c1-18-2-4-19(5-3-18)11-7-9(13(14,15)16)6-10(8-11)17-12(20)21/h6-8,17H,2-5H2,1H3,(H,20,21). The van der Waals surface area contributed by atoms with Crippen molar-refractivity contribution in [1.29, 1.82) is 0 Å². The van der Waals surface area contributed by atoms with Gasteiger partial charge in [0.15, 0.2) is 0 Å². The highest BCUT2D eigenvalue weighted by molar-refractivity contribution is 5.84. The minimum atomic E-state index is -4.52. The summed E-state index contributed by atoms with van der Waals surface area (Å²) in [7, 11) is 1.95. The molecule has 1 aliphatic rings. The van der Waals surface area contributed by atoms with E-state index in [1.165, 1.54) is 6.07 Å². The van der Waals surface area contributed by atoms with E-state index in [0.717, 1.165) is 25.2 Å². The third-order valence-corrected chi connectivity index (χ3v) is 3.36. The Kier molecular flexibility index (Phi) is 4.26. The van der Waals surface area contributed by atoms with Gasteiger partial charge in [0.2, 0.25) is 0 Å². The average Bonchev–Trinajstić information content (AvgIpc) is 2.37. The number of rotatable bonds is 2. The van der Waals surface area contributed by atoms with Crippen molar-refractivity contribution in [3.8, 4) is 0 Å². The number of halogens is 3. The van der Waals surface area contributed by atoms with Crippen LogP contribution in [0.1, 0.15) is 5.56 Å². The molecule has 1 heterocycles. The van der Waals surface area contributed by atoms with Crippen molar-refractivity contribution in [2.45, 2.75) is 6.18 Å². The molecule has 1 amide bonds. The number of nitrogens with one attached hydrogen (secondary N) is 1. The Balaban J connectivity index is 2.33. The van der Waals surface area contributed by atoms with Crippen LogP contribution in [-0.4, -0.2) is 49.3 Å². The first-order valence-electron chi connectivity index (χ1n) is 6.41. The van der Waals surface area contributed by atoms with Gasteiger partial charge in [-0.25, -0.2) is 4.79 Å². The van der Waals surface area contributed by atoms with Gasteiger partial charge in [-0.05, 0) is 25.2 Å². The maximum Gasteiger partial charge on any atom is 0.416 e. The SMILES string of the molecule is CN1CCN(c2cc(NC(=O)O)cc(C(F)(F)F)c2)CC1. The van der Waals surface area contributed by atoms with Crippen LogP contribution in [0.3, 0.4) is 0 Å². The number of nitrogens with zero attached hydrogens (tertiary/aromatic N) is 2. The van der Waals surface area contributed by atoms with E-state index in [2.05, 4.69) is 4.90 Å². The fourth-order valence-corrected chi connectivity index (χ4v) is 2.22. The van der Waals surface area contributed by atoms with Crippen molar-refractivity contribution in [2.75, 3.05) is 43.4 Å². The second kappa shape index (κ2) is 5.80. The van der Waals surface area contributed by atoms with Gasteiger partial charge in [-0.3, -0.25) is 5.32 Å². The molecule has 0 spiro atoms. The van der Waals surface area contributed by atoms with Crippen LogP contribution in [0, 0.1) is 0 Å². The molecular formula is C13H16F3N3O2. The molecule has 0 radical (unpaired) electrons. The van der Waals surface area contributed by atoms with E-state index in [1.807, 2.05) is 17.3 Å². The highest BCUT2D eigenvalue weighted by Gasteiger charge is 2.32. The molecule has 21 heavy (non-hydrogen) atoms. The summed E-state index contributed by atoms with van der Waals surface area (Å²) in [6.45, 7) is 2.70. The van der Waals surface area contributed by atoms with Crippen molar-refractivity contribution in [3.05, 3.63) is 23.8 Å². The van der Waals surface area contributed by atoms with Gasteiger partial charge in [-0.15, -0.1) is 0 Å². The molecule has 1 aromatic rings. The van der Waals surface area contributed by atoms with E-state index < -0.39 is 17.8 Å². The number of carbonyl (C=O) groups is 1. The normalized spacial score (nSPS) is 16.9. The number of carboxylic acid groups (broad SMARTS) is 1. The van der Waals surface area contributed by atoms with Crippen LogP contribution in [0.5, 0.6) is 0 Å². The summed E-state index contributed by atoms with van der Waals surface area (Å²) in [6, 6.07) is 3.28. The number of likely N-dealkylation sites (N-methyl/N-ethyl adjacent to an activating group) is 1. The van der Waals surface area contributed by atoms with Crippen LogP contribution in [0.25, 0.3) is 0 Å². The maximum atomic E-state index is 12.9. The largest absolute Gasteiger partial charge is 0.465 e. The molecule has 1 saturated heterocycles. The molecule has 0 atom stereocenters. The number of alkyl halides is 3. The lowest BCUT2D eigenvalue weighted by Gasteiger charge is -2.34. The molecule has 1 fully saturated rings. The number of hydrogen-bond donors (Lipinski definition) is 2. The molecule has 116 valence electrons. The van der Waals surface area contributed by atoms with Crippen LogP contribution in [0.15, 0.2) is 18.2 Å². The van der Waals surface area contributed by atoms with E-state index in [1.54, 1.807) is 0 Å². The maximum absolute atomic E-state index is 12.9. The van der Waals surface area contributed by atoms with Crippen LogP contribution in [-0.2, 0) is 6.18 Å². The first kappa shape index (κ1) is 15.4. The Hall–Kier alpha value is -1.96. The molecule has 5 nitrogen and oxygen atoms in total. The van der Waals surface area contributed by atoms with Gasteiger partial charge in [0.05, 0.1) is 5.56 Å². The zero-order chi connectivity index (χ0) is 15.6. The van der Waals surface area contributed by atoms with Crippen LogP contribution in [0.4, 0.5) is 29.3 Å². The lowest BCUT2D eigenvalue weighted by atomic mass is 10.1. The fraction of sp³-hybridized carbons (Fsp3) is 0.462. The van der Waals surface area contributed by atoms with Crippen molar-refractivity contribution >= 4 is 17.5 Å². The Bertz CT molecular complexity index is 526. The van der Waals surface area contributed by atoms with E-state index in [0.29, 0.717) is 18.8 Å². The predicted molar refractivity (Wildman–Crippen MR) is 72.8 cm³/mol. The van der Waals surface area contributed by atoms with Gasteiger partial charge in [-0.2, -0.15) is 13.2 Å². The van der Waals surface area contributed by atoms with Crippen molar-refractivity contribution in [1.82, 2.24) is 4.90 Å². The summed E-state index contributed by atoms with van der Waals surface area (Å²) in [6.07, 6.45) is -5.91. The minimum Gasteiger partial charge on any atom is -0.465 e. The van der Waals surface area contributed by atoms with Gasteiger partial charge in [0, 0.05) is 37.6 Å². The second-order valence-corrected chi connectivity index (χ2v) is 4.99. The summed E-state index contributed by atoms with van der Waals surface area (Å²) in [4.78, 5) is 14.6. The zero-order valence-electron chi connectivity index (χ0n) is 11.4. The predicted octanol–water partition coefficient (Wildman–Crippen LogP) is 2.55. The first-order chi connectivity index (χ1) is 9.75. The summed E-state index contributed by atoms with van der Waals surface area (Å²) in [5.74, 6) is 0. The van der Waals surface area contributed by atoms with Crippen LogP contribution in [0.2, 0.25) is 0 Å². The van der Waals surface area contributed by atoms with Gasteiger partial charge < -0.3 is 14.9 Å². The Morgan fingerprint density at radius 2 is 1.81 bits per heavy atom. The monoisotopic (exact) mass is 303 g/mol. The van der Waals surface area contributed by atoms with E-state index in [-0.39, 0.29) is 5.69 Å². The number of hydrogen-bond acceptors (Lipinski definition) is 3. The third-order valence-electron chi connectivity index (χ3n) is 3.36. The van der Waals surface area contributed by atoms with Gasteiger partial charge >= 0.3 is 12.3 Å².